The van der Waals surface area contributed by atoms with E-state index in [0.717, 1.165) is 18.5 Å². The van der Waals surface area contributed by atoms with Crippen molar-refractivity contribution < 1.29 is 9.69 Å². The smallest absolute Gasteiger partial charge is 0.168 e. The summed E-state index contributed by atoms with van der Waals surface area (Å²) in [6, 6.07) is 4.64. The summed E-state index contributed by atoms with van der Waals surface area (Å²) in [5.74, 6) is 0.359. The molecule has 2 aliphatic rings. The molecule has 3 rings (SSSR count). The van der Waals surface area contributed by atoms with Gasteiger partial charge in [-0.15, -0.1) is 0 Å². The number of hydrogen-bond acceptors (Lipinski definition) is 1. The molecule has 1 aliphatic carbocycles. The standard InChI is InChI=1S/C23H35NO/c1-6-17-15-19-20(23(4,5)11-10-22(19,2)3)16-18(17)21(25)9-14-24-12-7-8-13-24/h15-16H,6-14H2,1-5H3/p+1. The summed E-state index contributed by atoms with van der Waals surface area (Å²) in [7, 11) is 0. The molecule has 0 spiro atoms. The molecule has 1 fully saturated rings. The van der Waals surface area contributed by atoms with E-state index in [0.29, 0.717) is 12.2 Å². The molecule has 0 aromatic heterocycles. The maximum atomic E-state index is 13.0. The zero-order valence-electron chi connectivity index (χ0n) is 16.9. The Labute approximate surface area is 154 Å². The molecule has 1 N–H and O–H groups in total. The number of carbonyl (C=O) groups is 1. The van der Waals surface area contributed by atoms with Crippen molar-refractivity contribution in [2.45, 2.75) is 84.0 Å². The number of aryl methyl sites for hydroxylation is 1. The Morgan fingerprint density at radius 3 is 2.12 bits per heavy atom. The number of fused-ring (bicyclic) bond motifs is 1. The number of nitrogens with one attached hydrogen (secondary N) is 1. The molecule has 0 radical (unpaired) electrons. The molecule has 1 saturated heterocycles. The fraction of sp³-hybridized carbons (Fsp3) is 0.696. The van der Waals surface area contributed by atoms with Crippen LogP contribution in [0, 0.1) is 0 Å². The highest BCUT2D eigenvalue weighted by Crippen LogP contribution is 2.46. The minimum absolute atomic E-state index is 0.173. The van der Waals surface area contributed by atoms with Crippen LogP contribution in [0.15, 0.2) is 12.1 Å². The molecule has 2 heteroatoms. The minimum atomic E-state index is 0.173. The lowest BCUT2D eigenvalue weighted by Crippen LogP contribution is -3.10. The van der Waals surface area contributed by atoms with E-state index in [9.17, 15) is 4.79 Å². The monoisotopic (exact) mass is 342 g/mol. The molecular formula is C23H36NO+. The molecule has 0 atom stereocenters. The molecule has 25 heavy (non-hydrogen) atoms. The number of Topliss-reactive ketones (excluding diaryl/α,β-unsaturated/α-hetero) is 1. The lowest BCUT2D eigenvalue weighted by atomic mass is 9.62. The van der Waals surface area contributed by atoms with Crippen LogP contribution in [0.25, 0.3) is 0 Å². The lowest BCUT2D eigenvalue weighted by Gasteiger charge is -2.42. The third-order valence-electron chi connectivity index (χ3n) is 6.77. The fourth-order valence-electron chi connectivity index (χ4n) is 4.76. The number of ketones is 1. The summed E-state index contributed by atoms with van der Waals surface area (Å²) >= 11 is 0. The number of rotatable bonds is 5. The first kappa shape index (κ1) is 18.6. The van der Waals surface area contributed by atoms with Gasteiger partial charge in [0.2, 0.25) is 0 Å². The first-order chi connectivity index (χ1) is 11.7. The quantitative estimate of drug-likeness (QED) is 0.807. The first-order valence-corrected chi connectivity index (χ1v) is 10.3. The molecule has 0 amide bonds. The van der Waals surface area contributed by atoms with Gasteiger partial charge in [-0.1, -0.05) is 40.7 Å². The zero-order chi connectivity index (χ0) is 18.2. The average Bonchev–Trinajstić information content (AvgIpc) is 3.09. The van der Waals surface area contributed by atoms with Crippen LogP contribution >= 0.6 is 0 Å². The van der Waals surface area contributed by atoms with Gasteiger partial charge in [-0.3, -0.25) is 4.79 Å². The molecule has 0 saturated carbocycles. The van der Waals surface area contributed by atoms with Gasteiger partial charge in [-0.2, -0.15) is 0 Å². The maximum absolute atomic E-state index is 13.0. The number of carbonyl (C=O) groups excluding carboxylic acids is 1. The SMILES string of the molecule is CCc1cc2c(cc1C(=O)CC[NH+]1CCCC1)C(C)(C)CCC2(C)C. The molecular weight excluding hydrogens is 306 g/mol. The Morgan fingerprint density at radius 2 is 1.56 bits per heavy atom. The molecule has 2 nitrogen and oxygen atoms in total. The summed E-state index contributed by atoms with van der Waals surface area (Å²) in [6.45, 7) is 15.1. The van der Waals surface area contributed by atoms with Crippen LogP contribution in [-0.2, 0) is 17.3 Å². The van der Waals surface area contributed by atoms with Crippen LogP contribution in [0.3, 0.4) is 0 Å². The van der Waals surface area contributed by atoms with E-state index in [1.807, 2.05) is 0 Å². The van der Waals surface area contributed by atoms with E-state index in [-0.39, 0.29) is 10.8 Å². The van der Waals surface area contributed by atoms with E-state index in [2.05, 4.69) is 46.8 Å². The average molecular weight is 343 g/mol. The Hall–Kier alpha value is -1.15. The second kappa shape index (κ2) is 6.87. The maximum Gasteiger partial charge on any atom is 0.168 e. The second-order valence-corrected chi connectivity index (χ2v) is 9.56. The van der Waals surface area contributed by atoms with Crippen LogP contribution < -0.4 is 4.90 Å². The molecule has 1 heterocycles. The highest BCUT2D eigenvalue weighted by Gasteiger charge is 2.38. The van der Waals surface area contributed by atoms with Crippen LogP contribution in [-0.4, -0.2) is 25.4 Å². The van der Waals surface area contributed by atoms with Crippen molar-refractivity contribution in [3.05, 3.63) is 34.4 Å². The van der Waals surface area contributed by atoms with Crippen molar-refractivity contribution >= 4 is 5.78 Å². The predicted octanol–water partition coefficient (Wildman–Crippen LogP) is 3.85. The van der Waals surface area contributed by atoms with Gasteiger partial charge in [0.25, 0.3) is 0 Å². The van der Waals surface area contributed by atoms with Gasteiger partial charge in [-0.05, 0) is 52.8 Å². The largest absolute Gasteiger partial charge is 0.335 e. The Bertz CT molecular complexity index is 650. The van der Waals surface area contributed by atoms with E-state index in [1.165, 1.54) is 55.5 Å². The molecule has 1 aromatic rings. The normalized spacial score (nSPS) is 22.0. The van der Waals surface area contributed by atoms with Gasteiger partial charge in [0, 0.05) is 18.4 Å². The van der Waals surface area contributed by atoms with Crippen molar-refractivity contribution in [3.63, 3.8) is 0 Å². The third-order valence-corrected chi connectivity index (χ3v) is 6.77. The van der Waals surface area contributed by atoms with Gasteiger partial charge in [-0.25, -0.2) is 0 Å². The van der Waals surface area contributed by atoms with Crippen molar-refractivity contribution in [1.82, 2.24) is 0 Å². The number of likely N-dealkylation sites (tertiary alicyclic amines) is 1. The Kier molecular flexibility index (Phi) is 5.12. The van der Waals surface area contributed by atoms with Crippen molar-refractivity contribution in [3.8, 4) is 0 Å². The van der Waals surface area contributed by atoms with E-state index in [1.54, 1.807) is 4.90 Å². The van der Waals surface area contributed by atoms with E-state index >= 15 is 0 Å². The first-order valence-electron chi connectivity index (χ1n) is 10.3. The number of quaternary nitrogens is 1. The molecule has 0 bridgehead atoms. The lowest BCUT2D eigenvalue weighted by molar-refractivity contribution is -0.886. The Balaban J connectivity index is 1.92. The summed E-state index contributed by atoms with van der Waals surface area (Å²) in [5, 5.41) is 0. The number of benzene rings is 1. The van der Waals surface area contributed by atoms with Gasteiger partial charge in [0.1, 0.15) is 0 Å². The summed E-state index contributed by atoms with van der Waals surface area (Å²) in [5.41, 5.74) is 5.54. The highest BCUT2D eigenvalue weighted by atomic mass is 16.1. The summed E-state index contributed by atoms with van der Waals surface area (Å²) in [6.07, 6.45) is 6.72. The second-order valence-electron chi connectivity index (χ2n) is 9.56. The van der Waals surface area contributed by atoms with Crippen LogP contribution in [0.5, 0.6) is 0 Å². The minimum Gasteiger partial charge on any atom is -0.335 e. The van der Waals surface area contributed by atoms with Crippen LogP contribution in [0.4, 0.5) is 0 Å². The van der Waals surface area contributed by atoms with Gasteiger partial charge in [0.05, 0.1) is 26.1 Å². The zero-order valence-corrected chi connectivity index (χ0v) is 16.9. The summed E-state index contributed by atoms with van der Waals surface area (Å²) in [4.78, 5) is 14.6. The van der Waals surface area contributed by atoms with Crippen LogP contribution in [0.2, 0.25) is 0 Å². The van der Waals surface area contributed by atoms with Gasteiger partial charge >= 0.3 is 0 Å². The molecule has 1 aromatic carbocycles. The molecule has 138 valence electrons. The topological polar surface area (TPSA) is 21.5 Å². The van der Waals surface area contributed by atoms with Gasteiger partial charge in [0.15, 0.2) is 5.78 Å². The fourth-order valence-corrected chi connectivity index (χ4v) is 4.76. The molecule has 0 unspecified atom stereocenters. The highest BCUT2D eigenvalue weighted by molar-refractivity contribution is 5.98. The van der Waals surface area contributed by atoms with Crippen molar-refractivity contribution in [2.75, 3.05) is 19.6 Å². The third kappa shape index (κ3) is 3.69. The predicted molar refractivity (Wildman–Crippen MR) is 105 cm³/mol. The summed E-state index contributed by atoms with van der Waals surface area (Å²) < 4.78 is 0. The number of hydrogen-bond donors (Lipinski definition) is 1. The van der Waals surface area contributed by atoms with E-state index in [4.69, 9.17) is 0 Å². The van der Waals surface area contributed by atoms with Gasteiger partial charge < -0.3 is 4.90 Å². The van der Waals surface area contributed by atoms with Crippen molar-refractivity contribution in [2.24, 2.45) is 0 Å². The van der Waals surface area contributed by atoms with E-state index < -0.39 is 0 Å². The molecule has 1 aliphatic heterocycles. The Morgan fingerprint density at radius 1 is 1.00 bits per heavy atom. The van der Waals surface area contributed by atoms with Crippen molar-refractivity contribution in [1.29, 1.82) is 0 Å². The van der Waals surface area contributed by atoms with Crippen LogP contribution in [0.1, 0.15) is 93.8 Å².